The summed E-state index contributed by atoms with van der Waals surface area (Å²) in [5.74, 6) is 0.991. The highest BCUT2D eigenvalue weighted by atomic mass is 16.5. The van der Waals surface area contributed by atoms with Crippen LogP contribution in [0.5, 0.6) is 11.5 Å². The van der Waals surface area contributed by atoms with Crippen molar-refractivity contribution in [1.82, 2.24) is 9.78 Å². The first-order valence-corrected chi connectivity index (χ1v) is 9.88. The van der Waals surface area contributed by atoms with Gasteiger partial charge in [0.2, 0.25) is 0 Å². The number of amides is 1. The lowest BCUT2D eigenvalue weighted by atomic mass is 10.1. The van der Waals surface area contributed by atoms with Gasteiger partial charge in [-0.2, -0.15) is 10.4 Å². The number of rotatable bonds is 7. The molecule has 0 unspecified atom stereocenters. The molecule has 158 valence electrons. The summed E-state index contributed by atoms with van der Waals surface area (Å²) < 4.78 is 12.2. The van der Waals surface area contributed by atoms with Gasteiger partial charge >= 0.3 is 0 Å². The summed E-state index contributed by atoms with van der Waals surface area (Å²) >= 11 is 0. The summed E-state index contributed by atoms with van der Waals surface area (Å²) in [5, 5.41) is 16.2. The second-order valence-corrected chi connectivity index (χ2v) is 6.83. The second kappa shape index (κ2) is 9.49. The molecular formula is C25H20N4O3. The fraction of sp³-hybridized carbons (Fsp3) is 0.0800. The molecule has 0 aliphatic rings. The van der Waals surface area contributed by atoms with Gasteiger partial charge in [-0.25, -0.2) is 4.68 Å². The first kappa shape index (κ1) is 20.7. The number of para-hydroxylation sites is 1. The highest BCUT2D eigenvalue weighted by Crippen LogP contribution is 2.27. The van der Waals surface area contributed by atoms with E-state index in [1.54, 1.807) is 42.3 Å². The summed E-state index contributed by atoms with van der Waals surface area (Å²) in [6.45, 7) is -0.0321. The number of hydrogen-bond donors (Lipinski definition) is 1. The standard InChI is InChI=1S/C25H20N4O3/c1-31-21-11-7-18(8-12-21)24-23(17-29(28-24)20-5-3-2-4-6-20)25(30)27-19-9-13-22(14-10-19)32-16-15-26/h2-14,17H,16H2,1H3,(H,27,30). The normalized spacial score (nSPS) is 10.2. The molecule has 0 spiro atoms. The Balaban J connectivity index is 1.65. The zero-order valence-electron chi connectivity index (χ0n) is 17.4. The molecule has 32 heavy (non-hydrogen) atoms. The monoisotopic (exact) mass is 424 g/mol. The minimum atomic E-state index is -0.288. The number of hydrogen-bond acceptors (Lipinski definition) is 5. The van der Waals surface area contributed by atoms with Crippen molar-refractivity contribution >= 4 is 11.6 Å². The largest absolute Gasteiger partial charge is 0.497 e. The van der Waals surface area contributed by atoms with E-state index in [0.717, 1.165) is 17.0 Å². The quantitative estimate of drug-likeness (QED) is 0.464. The summed E-state index contributed by atoms with van der Waals surface area (Å²) in [5.41, 5.74) is 3.24. The molecule has 4 rings (SSSR count). The van der Waals surface area contributed by atoms with E-state index in [0.29, 0.717) is 22.7 Å². The number of methoxy groups -OCH3 is 1. The van der Waals surface area contributed by atoms with E-state index in [4.69, 9.17) is 14.7 Å². The Kier molecular flexibility index (Phi) is 6.14. The number of nitriles is 1. The molecule has 0 fully saturated rings. The third kappa shape index (κ3) is 4.60. The number of aromatic nitrogens is 2. The number of anilines is 1. The summed E-state index contributed by atoms with van der Waals surface area (Å²) in [4.78, 5) is 13.2. The van der Waals surface area contributed by atoms with E-state index in [-0.39, 0.29) is 12.5 Å². The molecule has 4 aromatic rings. The molecule has 0 aliphatic heterocycles. The zero-order valence-corrected chi connectivity index (χ0v) is 17.4. The number of benzene rings is 3. The lowest BCUT2D eigenvalue weighted by Crippen LogP contribution is -2.12. The van der Waals surface area contributed by atoms with Gasteiger partial charge in [0.05, 0.1) is 18.4 Å². The molecule has 0 saturated carbocycles. The van der Waals surface area contributed by atoms with Crippen molar-refractivity contribution in [2.24, 2.45) is 0 Å². The van der Waals surface area contributed by atoms with Crippen LogP contribution in [0.2, 0.25) is 0 Å². The van der Waals surface area contributed by atoms with E-state index < -0.39 is 0 Å². The molecule has 0 saturated heterocycles. The average molecular weight is 424 g/mol. The van der Waals surface area contributed by atoms with Crippen LogP contribution < -0.4 is 14.8 Å². The molecule has 1 amide bonds. The van der Waals surface area contributed by atoms with Gasteiger partial charge < -0.3 is 14.8 Å². The minimum absolute atomic E-state index is 0.0321. The van der Waals surface area contributed by atoms with Crippen LogP contribution in [0.1, 0.15) is 10.4 Å². The van der Waals surface area contributed by atoms with E-state index in [2.05, 4.69) is 10.4 Å². The van der Waals surface area contributed by atoms with Gasteiger partial charge in [0.25, 0.3) is 5.91 Å². The third-order valence-corrected chi connectivity index (χ3v) is 4.76. The van der Waals surface area contributed by atoms with Crippen molar-refractivity contribution in [3.05, 3.63) is 90.6 Å². The highest BCUT2D eigenvalue weighted by molar-refractivity contribution is 6.08. The maximum absolute atomic E-state index is 13.2. The Labute approximate surface area is 185 Å². The second-order valence-electron chi connectivity index (χ2n) is 6.83. The van der Waals surface area contributed by atoms with Crippen LogP contribution in [0, 0.1) is 11.3 Å². The molecule has 1 heterocycles. The van der Waals surface area contributed by atoms with Crippen molar-refractivity contribution in [3.63, 3.8) is 0 Å². The van der Waals surface area contributed by atoms with Gasteiger partial charge in [-0.1, -0.05) is 18.2 Å². The van der Waals surface area contributed by atoms with Gasteiger partial charge in [0, 0.05) is 17.4 Å². The van der Waals surface area contributed by atoms with Gasteiger partial charge in [0.15, 0.2) is 6.61 Å². The Hall–Kier alpha value is -4.57. The first-order chi connectivity index (χ1) is 15.7. The Morgan fingerprint density at radius 3 is 2.34 bits per heavy atom. The Morgan fingerprint density at radius 2 is 1.69 bits per heavy atom. The van der Waals surface area contributed by atoms with E-state index in [1.165, 1.54) is 0 Å². The zero-order chi connectivity index (χ0) is 22.3. The first-order valence-electron chi connectivity index (χ1n) is 9.88. The minimum Gasteiger partial charge on any atom is -0.497 e. The number of carbonyl (C=O) groups is 1. The maximum Gasteiger partial charge on any atom is 0.259 e. The van der Waals surface area contributed by atoms with Crippen LogP contribution in [0.4, 0.5) is 5.69 Å². The fourth-order valence-electron chi connectivity index (χ4n) is 3.16. The fourth-order valence-corrected chi connectivity index (χ4v) is 3.16. The van der Waals surface area contributed by atoms with Crippen molar-refractivity contribution < 1.29 is 14.3 Å². The topological polar surface area (TPSA) is 89.2 Å². The van der Waals surface area contributed by atoms with Crippen LogP contribution in [0.15, 0.2) is 85.1 Å². The van der Waals surface area contributed by atoms with Gasteiger partial charge in [-0.05, 0) is 60.7 Å². The predicted octanol–water partition coefficient (Wildman–Crippen LogP) is 4.70. The molecule has 7 nitrogen and oxygen atoms in total. The summed E-state index contributed by atoms with van der Waals surface area (Å²) in [6, 6.07) is 25.8. The third-order valence-electron chi connectivity index (χ3n) is 4.76. The average Bonchev–Trinajstić information content (AvgIpc) is 3.30. The van der Waals surface area contributed by atoms with Crippen LogP contribution >= 0.6 is 0 Å². The van der Waals surface area contributed by atoms with Gasteiger partial charge in [0.1, 0.15) is 23.3 Å². The van der Waals surface area contributed by atoms with Crippen molar-refractivity contribution in [1.29, 1.82) is 5.26 Å². The predicted molar refractivity (Wildman–Crippen MR) is 121 cm³/mol. The van der Waals surface area contributed by atoms with Crippen LogP contribution in [0.3, 0.4) is 0 Å². The van der Waals surface area contributed by atoms with Crippen LogP contribution in [-0.4, -0.2) is 29.4 Å². The number of nitrogens with zero attached hydrogens (tertiary/aromatic N) is 3. The SMILES string of the molecule is COc1ccc(-c2nn(-c3ccccc3)cc2C(=O)Nc2ccc(OCC#N)cc2)cc1. The molecule has 0 aliphatic carbocycles. The van der Waals surface area contributed by atoms with Crippen molar-refractivity contribution in [3.8, 4) is 34.5 Å². The molecule has 1 N–H and O–H groups in total. The van der Waals surface area contributed by atoms with Gasteiger partial charge in [-0.15, -0.1) is 0 Å². The lowest BCUT2D eigenvalue weighted by molar-refractivity contribution is 0.102. The van der Waals surface area contributed by atoms with Crippen LogP contribution in [0.25, 0.3) is 16.9 Å². The number of carbonyl (C=O) groups excluding carboxylic acids is 1. The Bertz CT molecular complexity index is 1240. The molecule has 0 bridgehead atoms. The molecule has 3 aromatic carbocycles. The molecular weight excluding hydrogens is 404 g/mol. The van der Waals surface area contributed by atoms with E-state index in [1.807, 2.05) is 60.7 Å². The molecule has 1 aromatic heterocycles. The van der Waals surface area contributed by atoms with Gasteiger partial charge in [-0.3, -0.25) is 4.79 Å². The molecule has 0 radical (unpaired) electrons. The van der Waals surface area contributed by atoms with Crippen molar-refractivity contribution in [2.75, 3.05) is 19.0 Å². The lowest BCUT2D eigenvalue weighted by Gasteiger charge is -2.07. The number of ether oxygens (including phenoxy) is 2. The highest BCUT2D eigenvalue weighted by Gasteiger charge is 2.19. The number of nitrogens with one attached hydrogen (secondary N) is 1. The Morgan fingerprint density at radius 1 is 1.00 bits per heavy atom. The maximum atomic E-state index is 13.2. The molecule has 7 heteroatoms. The smallest absolute Gasteiger partial charge is 0.259 e. The van der Waals surface area contributed by atoms with E-state index >= 15 is 0 Å². The molecule has 0 atom stereocenters. The summed E-state index contributed by atoms with van der Waals surface area (Å²) in [6.07, 6.45) is 1.72. The van der Waals surface area contributed by atoms with Crippen LogP contribution in [-0.2, 0) is 0 Å². The summed E-state index contributed by atoms with van der Waals surface area (Å²) in [7, 11) is 1.61. The van der Waals surface area contributed by atoms with E-state index in [9.17, 15) is 4.79 Å². The van der Waals surface area contributed by atoms with Crippen molar-refractivity contribution in [2.45, 2.75) is 0 Å².